The number of phosphoric ester groups is 1. The Morgan fingerprint density at radius 1 is 0.370 bits per heavy atom. The average Bonchev–Trinajstić information content (AvgIpc) is 0.771. The molecule has 2 amide bonds. The normalized spacial score (nSPS) is 16.1. The maximum atomic E-state index is 16.0. The van der Waals surface area contributed by atoms with Crippen LogP contribution in [0.2, 0.25) is 0 Å². The standard InChI is InChI=1S/C106H179N2O18P/c1-7-13-19-25-31-37-43-49-60-76-93(119-99(112)79-67-52-46-40-34-28-22-16-10-4)82-97(110)107-90(87-117-86-89-70-58-55-59-71-89)88-118-106-103(108-98(111)83-94(77-61-50-44-38-32-26-20-14-8-2)120-100(113)80-68-53-47-41-35-29-23-17-11-5)105(104(96(85-109)122-106)126-127(116,124-91-72-63-56-64-73-91)125-92-74-65-57-66-75-92)123-102(115)84-95(78-62-51-45-39-33-27-21-15-9-3)121-101(114)81-69-54-48-42-36-30-24-18-12-6/h55-59,63-66,70-75,90,93-96,103-106,109H,7-54,60-62,67-69,76-88H2,1-6H3,(H,107,110)(H,108,111)/t90-,93+,94+,95+,96+,103+,104+,105+,106+/m0/s1. The third kappa shape index (κ3) is 59.3. The Hall–Kier alpha value is -5.89. The van der Waals surface area contributed by atoms with Crippen molar-refractivity contribution in [2.75, 3.05) is 19.8 Å². The molecule has 1 fully saturated rings. The second kappa shape index (κ2) is 77.7. The van der Waals surface area contributed by atoms with Crippen LogP contribution in [0, 0.1) is 0 Å². The molecule has 0 bridgehead atoms. The van der Waals surface area contributed by atoms with Crippen LogP contribution in [0.15, 0.2) is 91.0 Å². The van der Waals surface area contributed by atoms with Crippen molar-refractivity contribution in [2.45, 2.75) is 508 Å². The number of unbranched alkanes of at least 4 members (excludes halogenated alkanes) is 48. The lowest BCUT2D eigenvalue weighted by Gasteiger charge is -2.45. The van der Waals surface area contributed by atoms with Gasteiger partial charge in [0.2, 0.25) is 11.8 Å². The molecule has 0 aliphatic carbocycles. The van der Waals surface area contributed by atoms with E-state index in [-0.39, 0.29) is 69.4 Å². The van der Waals surface area contributed by atoms with Gasteiger partial charge in [0.05, 0.1) is 51.7 Å². The summed E-state index contributed by atoms with van der Waals surface area (Å²) < 4.78 is 81.2. The highest BCUT2D eigenvalue weighted by Gasteiger charge is 2.54. The van der Waals surface area contributed by atoms with Gasteiger partial charge in [-0.05, 0) is 87.6 Å². The van der Waals surface area contributed by atoms with Crippen molar-refractivity contribution in [3.05, 3.63) is 96.6 Å². The number of hydrogen-bond acceptors (Lipinski definition) is 18. The summed E-state index contributed by atoms with van der Waals surface area (Å²) in [4.78, 5) is 88.3. The number of hydrogen-bond donors (Lipinski definition) is 3. The Labute approximate surface area is 770 Å². The molecule has 21 heteroatoms. The van der Waals surface area contributed by atoms with Crippen molar-refractivity contribution in [1.82, 2.24) is 10.6 Å². The lowest BCUT2D eigenvalue weighted by Crippen LogP contribution is -2.66. The first-order valence-electron chi connectivity index (χ1n) is 51.8. The quantitative estimate of drug-likeness (QED) is 0.0205. The number of phosphoric acid groups is 1. The molecule has 0 spiro atoms. The van der Waals surface area contributed by atoms with Gasteiger partial charge in [0.1, 0.15) is 48.1 Å². The Morgan fingerprint density at radius 3 is 1.03 bits per heavy atom. The maximum absolute atomic E-state index is 16.0. The SMILES string of the molecule is CCCCCCCCCCCC(=O)O[C@H](CCCCCCCCCCC)CC(=O)N[C@@H](COCc1ccccc1)CO[C@@H]1O[C@H](CO)[C@@H](OP(=O)(Oc2ccccc2)Oc2ccccc2)[C@H](OC(=O)C[C@@H](CCCCCCCCCCC)OC(=O)CCCCCCCCCCC)[C@H]1NC(=O)C[C@@H](CCCCCCCCCCC)OC(=O)CCCCCCCCCCC. The second-order valence-electron chi connectivity index (χ2n) is 36.2. The van der Waals surface area contributed by atoms with Crippen LogP contribution in [-0.4, -0.2) is 116 Å². The predicted molar refractivity (Wildman–Crippen MR) is 513 cm³/mol. The molecule has 1 aliphatic rings. The van der Waals surface area contributed by atoms with E-state index >= 15 is 14.2 Å². The fourth-order valence-corrected chi connectivity index (χ4v) is 18.2. The van der Waals surface area contributed by atoms with Crippen LogP contribution in [0.4, 0.5) is 0 Å². The van der Waals surface area contributed by atoms with Crippen molar-refractivity contribution in [1.29, 1.82) is 0 Å². The van der Waals surface area contributed by atoms with Gasteiger partial charge in [0, 0.05) is 19.3 Å². The highest BCUT2D eigenvalue weighted by molar-refractivity contribution is 7.49. The summed E-state index contributed by atoms with van der Waals surface area (Å²) in [6.45, 7) is 12.1. The molecule has 3 aromatic rings. The van der Waals surface area contributed by atoms with Crippen molar-refractivity contribution >= 4 is 43.5 Å². The van der Waals surface area contributed by atoms with E-state index in [1.54, 1.807) is 60.7 Å². The molecule has 20 nitrogen and oxygen atoms in total. The average molecular weight is 1800 g/mol. The van der Waals surface area contributed by atoms with Crippen LogP contribution in [0.5, 0.6) is 11.5 Å². The number of para-hydroxylation sites is 2. The molecule has 1 heterocycles. The molecule has 0 radical (unpaired) electrons. The Morgan fingerprint density at radius 2 is 0.685 bits per heavy atom. The molecular formula is C106H179N2O18P. The van der Waals surface area contributed by atoms with Crippen LogP contribution in [-0.2, 0) is 77.6 Å². The van der Waals surface area contributed by atoms with Crippen molar-refractivity contribution in [3.63, 3.8) is 0 Å². The molecule has 1 saturated heterocycles. The molecular weight excluding hydrogens is 1620 g/mol. The van der Waals surface area contributed by atoms with E-state index in [0.29, 0.717) is 51.4 Å². The lowest BCUT2D eigenvalue weighted by molar-refractivity contribution is -0.272. The number of nitrogens with one attached hydrogen (secondary N) is 2. The van der Waals surface area contributed by atoms with Crippen LogP contribution in [0.3, 0.4) is 0 Å². The summed E-state index contributed by atoms with van der Waals surface area (Å²) in [5, 5.41) is 18.2. The maximum Gasteiger partial charge on any atom is 0.588 e. The van der Waals surface area contributed by atoms with Gasteiger partial charge in [0.15, 0.2) is 12.4 Å². The summed E-state index contributed by atoms with van der Waals surface area (Å²) in [6.07, 6.45) is 49.2. The van der Waals surface area contributed by atoms with E-state index in [0.717, 1.165) is 166 Å². The molecule has 3 aromatic carbocycles. The number of benzene rings is 3. The first kappa shape index (κ1) is 113. The zero-order chi connectivity index (χ0) is 91.4. The first-order valence-corrected chi connectivity index (χ1v) is 53.2. The van der Waals surface area contributed by atoms with Crippen molar-refractivity contribution < 1.29 is 85.2 Å². The molecule has 4 rings (SSSR count). The number of ether oxygens (including phenoxy) is 7. The Kier molecular flexibility index (Phi) is 69.4. The van der Waals surface area contributed by atoms with E-state index in [1.165, 1.54) is 154 Å². The highest BCUT2D eigenvalue weighted by Crippen LogP contribution is 2.53. The molecule has 3 N–H and O–H groups in total. The van der Waals surface area contributed by atoms with E-state index in [4.69, 9.17) is 46.7 Å². The number of carbonyl (C=O) groups is 6. The zero-order valence-electron chi connectivity index (χ0n) is 80.6. The van der Waals surface area contributed by atoms with Crippen molar-refractivity contribution in [3.8, 4) is 11.5 Å². The van der Waals surface area contributed by atoms with Gasteiger partial charge in [-0.2, -0.15) is 0 Å². The molecule has 726 valence electrons. The lowest BCUT2D eigenvalue weighted by atomic mass is 9.95. The second-order valence-corrected chi connectivity index (χ2v) is 37.7. The number of aliphatic hydroxyl groups is 1. The van der Waals surface area contributed by atoms with Crippen LogP contribution < -0.4 is 19.7 Å². The van der Waals surface area contributed by atoms with Gasteiger partial charge < -0.3 is 57.9 Å². The molecule has 0 aromatic heterocycles. The monoisotopic (exact) mass is 1800 g/mol. The highest BCUT2D eigenvalue weighted by atomic mass is 31.2. The van der Waals surface area contributed by atoms with Gasteiger partial charge in [-0.15, -0.1) is 0 Å². The van der Waals surface area contributed by atoms with E-state index in [9.17, 15) is 24.3 Å². The Balaban J connectivity index is 1.89. The summed E-state index contributed by atoms with van der Waals surface area (Å²) in [6, 6.07) is 23.5. The summed E-state index contributed by atoms with van der Waals surface area (Å²) in [7, 11) is -5.03. The van der Waals surface area contributed by atoms with Gasteiger partial charge in [0.25, 0.3) is 0 Å². The minimum Gasteiger partial charge on any atom is -0.462 e. The van der Waals surface area contributed by atoms with E-state index in [1.807, 2.05) is 30.3 Å². The van der Waals surface area contributed by atoms with E-state index < -0.39 is 106 Å². The molecule has 0 saturated carbocycles. The number of esters is 4. The topological polar surface area (TPSA) is 256 Å². The minimum absolute atomic E-state index is 0.0808. The van der Waals surface area contributed by atoms with Gasteiger partial charge >= 0.3 is 31.7 Å². The number of rotatable bonds is 86. The van der Waals surface area contributed by atoms with E-state index in [2.05, 4.69) is 52.2 Å². The Bertz CT molecular complexity index is 3140. The molecule has 0 unspecified atom stereocenters. The first-order chi connectivity index (χ1) is 62.1. The summed E-state index contributed by atoms with van der Waals surface area (Å²) >= 11 is 0. The van der Waals surface area contributed by atoms with Gasteiger partial charge in [-0.25, -0.2) is 4.57 Å². The van der Waals surface area contributed by atoms with Gasteiger partial charge in [-0.1, -0.05) is 416 Å². The zero-order valence-corrected chi connectivity index (χ0v) is 81.5. The third-order valence-electron chi connectivity index (χ3n) is 24.3. The van der Waals surface area contributed by atoms with Gasteiger partial charge in [-0.3, -0.25) is 33.3 Å². The smallest absolute Gasteiger partial charge is 0.462 e. The number of aliphatic hydroxyl groups excluding tert-OH is 1. The number of amides is 2. The van der Waals surface area contributed by atoms with Crippen LogP contribution in [0.25, 0.3) is 0 Å². The fraction of sp³-hybridized carbons (Fsp3) is 0.774. The summed E-state index contributed by atoms with van der Waals surface area (Å²) in [5.74, 6) is -2.98. The number of carbonyl (C=O) groups excluding carboxylic acids is 6. The molecule has 127 heavy (non-hydrogen) atoms. The van der Waals surface area contributed by atoms with Crippen LogP contribution in [0.1, 0.15) is 452 Å². The van der Waals surface area contributed by atoms with Crippen molar-refractivity contribution in [2.24, 2.45) is 0 Å². The van der Waals surface area contributed by atoms with Crippen LogP contribution >= 0.6 is 7.82 Å². The summed E-state index contributed by atoms with van der Waals surface area (Å²) in [5.41, 5.74) is 0.868. The largest absolute Gasteiger partial charge is 0.588 e. The third-order valence-corrected chi connectivity index (χ3v) is 25.7. The predicted octanol–water partition coefficient (Wildman–Crippen LogP) is 27.9. The molecule has 1 aliphatic heterocycles. The fourth-order valence-electron chi connectivity index (χ4n) is 16.7. The molecule has 9 atom stereocenters. The minimum atomic E-state index is -5.03.